The van der Waals surface area contributed by atoms with Crippen LogP contribution in [0.1, 0.15) is 25.3 Å². The molecule has 1 aliphatic rings. The van der Waals surface area contributed by atoms with Gasteiger partial charge in [0, 0.05) is 0 Å². The van der Waals surface area contributed by atoms with Gasteiger partial charge in [-0.05, 0) is 35.6 Å². The summed E-state index contributed by atoms with van der Waals surface area (Å²) in [5.41, 5.74) is 1.14. The predicted octanol–water partition coefficient (Wildman–Crippen LogP) is 3.60. The van der Waals surface area contributed by atoms with Crippen LogP contribution in [0.25, 0.3) is 0 Å². The molecule has 0 aliphatic carbocycles. The molecule has 1 heterocycles. The fraction of sp³-hybridized carbons (Fsp3) is 0.333. The Bertz CT molecular complexity index is 568. The minimum absolute atomic E-state index is 0.285. The van der Waals surface area contributed by atoms with E-state index in [2.05, 4.69) is 30.7 Å². The molecule has 0 aromatic heterocycles. The van der Waals surface area contributed by atoms with Crippen molar-refractivity contribution < 1.29 is 43.5 Å². The fourth-order valence-electron chi connectivity index (χ4n) is 1.49. The van der Waals surface area contributed by atoms with Crippen LogP contribution in [0.15, 0.2) is 36.2 Å². The van der Waals surface area contributed by atoms with Crippen molar-refractivity contribution >= 4 is 7.82 Å². The highest BCUT2D eigenvalue weighted by molar-refractivity contribution is 7.48. The van der Waals surface area contributed by atoms with Gasteiger partial charge in [-0.3, -0.25) is 4.89 Å². The number of hydrogen-bond acceptors (Lipinski definition) is 9. The van der Waals surface area contributed by atoms with Gasteiger partial charge in [-0.1, -0.05) is 34.8 Å². The predicted molar refractivity (Wildman–Crippen MR) is 71.0 cm³/mol. The number of phosphoric acid groups is 1. The number of rotatable bonds is 7. The molecule has 1 aromatic rings. The Balaban J connectivity index is 1.80. The summed E-state index contributed by atoms with van der Waals surface area (Å²) in [5.74, 6) is -1.98. The molecule has 2 N–H and O–H groups in total. The van der Waals surface area contributed by atoms with Crippen molar-refractivity contribution in [2.24, 2.45) is 0 Å². The van der Waals surface area contributed by atoms with Crippen molar-refractivity contribution in [1.82, 2.24) is 0 Å². The van der Waals surface area contributed by atoms with Gasteiger partial charge in [0.2, 0.25) is 0 Å². The minimum atomic E-state index is -4.41. The summed E-state index contributed by atoms with van der Waals surface area (Å²) < 4.78 is 24.2. The van der Waals surface area contributed by atoms with E-state index in [4.69, 9.17) is 15.1 Å². The summed E-state index contributed by atoms with van der Waals surface area (Å²) in [5, 5.41) is 22.1. The highest BCUT2D eigenvalue weighted by Crippen LogP contribution is 2.54. The molecule has 122 valence electrons. The van der Waals surface area contributed by atoms with E-state index < -0.39 is 19.7 Å². The molecule has 0 fully saturated rings. The quantitative estimate of drug-likeness (QED) is 0.438. The maximum atomic E-state index is 11.6. The molecule has 9 nitrogen and oxygen atoms in total. The van der Waals surface area contributed by atoms with Crippen molar-refractivity contribution in [2.45, 2.75) is 26.2 Å². The minimum Gasteiger partial charge on any atom is -0.475 e. The first kappa shape index (κ1) is 16.4. The molecule has 2 rings (SSSR count). The van der Waals surface area contributed by atoms with Gasteiger partial charge in [-0.2, -0.15) is 0 Å². The first-order valence-electron chi connectivity index (χ1n) is 6.42. The molecule has 0 amide bonds. The van der Waals surface area contributed by atoms with Crippen LogP contribution >= 0.6 is 7.82 Å². The van der Waals surface area contributed by atoms with Gasteiger partial charge < -0.3 is 19.6 Å². The number of aliphatic hydroxyl groups is 2. The van der Waals surface area contributed by atoms with Crippen LogP contribution in [-0.2, 0) is 34.8 Å². The van der Waals surface area contributed by atoms with Crippen LogP contribution in [0.3, 0.4) is 0 Å². The van der Waals surface area contributed by atoms with E-state index in [1.54, 1.807) is 12.1 Å². The SMILES string of the molecule is CCCCc1ccc(OOOP2(=O)OOC(O)=C(O)O2)cc1. The van der Waals surface area contributed by atoms with E-state index in [0.29, 0.717) is 0 Å². The molecular weight excluding hydrogens is 319 g/mol. The highest BCUT2D eigenvalue weighted by Gasteiger charge is 2.41. The Kier molecular flexibility index (Phi) is 5.51. The maximum Gasteiger partial charge on any atom is 0.600 e. The summed E-state index contributed by atoms with van der Waals surface area (Å²) in [6.07, 6.45) is 3.14. The molecule has 0 radical (unpaired) electrons. The van der Waals surface area contributed by atoms with Gasteiger partial charge in [-0.15, -0.1) is 0 Å². The smallest absolute Gasteiger partial charge is 0.475 e. The van der Waals surface area contributed by atoms with Crippen molar-refractivity contribution in [1.29, 1.82) is 0 Å². The molecule has 1 aliphatic heterocycles. The summed E-state index contributed by atoms with van der Waals surface area (Å²) in [6.45, 7) is 2.11. The van der Waals surface area contributed by atoms with Crippen LogP contribution in [0.2, 0.25) is 0 Å². The van der Waals surface area contributed by atoms with E-state index in [1.807, 2.05) is 12.1 Å². The highest BCUT2D eigenvalue weighted by atomic mass is 31.2. The van der Waals surface area contributed by atoms with Gasteiger partial charge in [0.25, 0.3) is 0 Å². The third-order valence-corrected chi connectivity index (χ3v) is 3.48. The second-order valence-corrected chi connectivity index (χ2v) is 5.66. The third kappa shape index (κ3) is 4.54. The van der Waals surface area contributed by atoms with Gasteiger partial charge in [-0.25, -0.2) is 4.57 Å². The lowest BCUT2D eigenvalue weighted by atomic mass is 10.1. The molecule has 0 saturated carbocycles. The second kappa shape index (κ2) is 7.37. The van der Waals surface area contributed by atoms with Crippen molar-refractivity contribution in [2.75, 3.05) is 0 Å². The zero-order chi connectivity index (χ0) is 16.0. The van der Waals surface area contributed by atoms with Gasteiger partial charge in [0.15, 0.2) is 5.75 Å². The van der Waals surface area contributed by atoms with E-state index in [-0.39, 0.29) is 5.75 Å². The van der Waals surface area contributed by atoms with Crippen molar-refractivity contribution in [3.8, 4) is 5.75 Å². The van der Waals surface area contributed by atoms with Crippen LogP contribution in [-0.4, -0.2) is 10.2 Å². The van der Waals surface area contributed by atoms with E-state index in [1.165, 1.54) is 0 Å². The molecule has 0 saturated heterocycles. The monoisotopic (exact) mass is 334 g/mol. The zero-order valence-corrected chi connectivity index (χ0v) is 12.5. The normalized spacial score (nSPS) is 21.1. The Labute approximate surface area is 126 Å². The fourth-order valence-corrected chi connectivity index (χ4v) is 2.13. The Morgan fingerprint density at radius 1 is 1.18 bits per heavy atom. The summed E-state index contributed by atoms with van der Waals surface area (Å²) in [4.78, 5) is 8.72. The number of benzene rings is 1. The lowest BCUT2D eigenvalue weighted by Gasteiger charge is -2.18. The first-order valence-corrected chi connectivity index (χ1v) is 7.88. The number of hydrogen-bond donors (Lipinski definition) is 2. The van der Waals surface area contributed by atoms with Gasteiger partial charge >= 0.3 is 19.7 Å². The topological polar surface area (TPSA) is 113 Å². The van der Waals surface area contributed by atoms with Crippen LogP contribution in [0.5, 0.6) is 5.75 Å². The van der Waals surface area contributed by atoms with Gasteiger partial charge in [0.1, 0.15) is 0 Å². The largest absolute Gasteiger partial charge is 0.600 e. The molecule has 1 atom stereocenters. The first-order chi connectivity index (χ1) is 10.5. The lowest BCUT2D eigenvalue weighted by Crippen LogP contribution is -2.11. The number of aryl methyl sites for hydroxylation is 1. The molecular formula is C12H15O9P. The van der Waals surface area contributed by atoms with Crippen LogP contribution in [0, 0.1) is 0 Å². The Morgan fingerprint density at radius 3 is 2.55 bits per heavy atom. The Hall–Kier alpha value is -1.93. The maximum absolute atomic E-state index is 11.6. The number of aliphatic hydroxyl groups excluding tert-OH is 2. The van der Waals surface area contributed by atoms with Crippen molar-refractivity contribution in [3.63, 3.8) is 0 Å². The summed E-state index contributed by atoms with van der Waals surface area (Å²) in [6, 6.07) is 6.96. The molecule has 10 heteroatoms. The Morgan fingerprint density at radius 2 is 1.91 bits per heavy atom. The summed E-state index contributed by atoms with van der Waals surface area (Å²) >= 11 is 0. The lowest BCUT2D eigenvalue weighted by molar-refractivity contribution is -0.429. The van der Waals surface area contributed by atoms with E-state index >= 15 is 0 Å². The van der Waals surface area contributed by atoms with E-state index in [9.17, 15) is 4.57 Å². The summed E-state index contributed by atoms with van der Waals surface area (Å²) in [7, 11) is -4.41. The van der Waals surface area contributed by atoms with E-state index in [0.717, 1.165) is 24.8 Å². The average molecular weight is 334 g/mol. The molecule has 1 unspecified atom stereocenters. The van der Waals surface area contributed by atoms with Gasteiger partial charge in [0.05, 0.1) is 0 Å². The van der Waals surface area contributed by atoms with Crippen molar-refractivity contribution in [3.05, 3.63) is 41.7 Å². The van der Waals surface area contributed by atoms with Crippen LogP contribution in [0.4, 0.5) is 0 Å². The third-order valence-electron chi connectivity index (χ3n) is 2.58. The van der Waals surface area contributed by atoms with Crippen LogP contribution < -0.4 is 4.89 Å². The molecule has 22 heavy (non-hydrogen) atoms. The number of unbranched alkanes of at least 4 members (excludes halogenated alkanes) is 1. The zero-order valence-electron chi connectivity index (χ0n) is 11.6. The average Bonchev–Trinajstić information content (AvgIpc) is 2.51. The standard InChI is InChI=1S/C12H15O9P/c1-2-3-4-9-5-7-10(8-6-9)16-19-21-22(15)18-12(14)11(13)17-20-22/h5-8,13-14H,2-4H2,1H3. The molecule has 1 aromatic carbocycles. The second-order valence-electron chi connectivity index (χ2n) is 4.28. The molecule has 0 bridgehead atoms. The molecule has 0 spiro atoms.